The smallest absolute Gasteiger partial charge is 0.253 e. The zero-order valence-corrected chi connectivity index (χ0v) is 20.3. The minimum atomic E-state index is 0.110. The molecule has 0 radical (unpaired) electrons. The summed E-state index contributed by atoms with van der Waals surface area (Å²) in [6, 6.07) is 19.0. The molecule has 5 nitrogen and oxygen atoms in total. The molecule has 3 aromatic carbocycles. The van der Waals surface area contributed by atoms with Crippen LogP contribution in [0.5, 0.6) is 11.5 Å². The fourth-order valence-corrected chi connectivity index (χ4v) is 4.05. The monoisotopic (exact) mass is 476 g/mol. The van der Waals surface area contributed by atoms with Crippen molar-refractivity contribution in [1.82, 2.24) is 4.90 Å². The first-order chi connectivity index (χ1) is 16.5. The second-order valence-electron chi connectivity index (χ2n) is 8.44. The lowest BCUT2D eigenvalue weighted by atomic mass is 10.1. The number of likely N-dealkylation sites (tertiary alicyclic amines) is 1. The first-order valence-corrected chi connectivity index (χ1v) is 11.9. The number of piperidine rings is 1. The second-order valence-corrected chi connectivity index (χ2v) is 8.85. The zero-order chi connectivity index (χ0) is 23.9. The summed E-state index contributed by atoms with van der Waals surface area (Å²) in [6.07, 6.45) is 5.15. The van der Waals surface area contributed by atoms with E-state index >= 15 is 0 Å². The number of hydrogen-bond acceptors (Lipinski definition) is 4. The number of carbonyl (C=O) groups excluding carboxylic acids is 1. The first-order valence-electron chi connectivity index (χ1n) is 11.5. The van der Waals surface area contributed by atoms with Crippen LogP contribution >= 0.6 is 11.6 Å². The average Bonchev–Trinajstić information content (AvgIpc) is 2.88. The number of carbonyl (C=O) groups is 1. The average molecular weight is 477 g/mol. The van der Waals surface area contributed by atoms with E-state index in [0.717, 1.165) is 53.9 Å². The van der Waals surface area contributed by atoms with Gasteiger partial charge in [-0.3, -0.25) is 9.79 Å². The Balaban J connectivity index is 1.38. The molecule has 176 valence electrons. The third-order valence-electron chi connectivity index (χ3n) is 5.94. The highest BCUT2D eigenvalue weighted by Crippen LogP contribution is 2.29. The lowest BCUT2D eigenvalue weighted by Gasteiger charge is -2.26. The molecule has 0 N–H and O–H groups in total. The van der Waals surface area contributed by atoms with Crippen molar-refractivity contribution in [1.29, 1.82) is 0 Å². The highest BCUT2D eigenvalue weighted by atomic mass is 35.5. The molecule has 0 bridgehead atoms. The van der Waals surface area contributed by atoms with Gasteiger partial charge in [-0.05, 0) is 85.3 Å². The SMILES string of the molecule is COc1cc(C=Nc2ccc(C)c(Cl)c2)ccc1OCc1ccc(C(=O)N2CCCCC2)cc1. The minimum absolute atomic E-state index is 0.110. The molecular weight excluding hydrogens is 448 g/mol. The molecule has 1 saturated heterocycles. The number of aryl methyl sites for hydroxylation is 1. The summed E-state index contributed by atoms with van der Waals surface area (Å²) in [5.74, 6) is 1.38. The Morgan fingerprint density at radius 2 is 1.76 bits per heavy atom. The van der Waals surface area contributed by atoms with Gasteiger partial charge in [-0.1, -0.05) is 29.8 Å². The van der Waals surface area contributed by atoms with Crippen molar-refractivity contribution in [3.05, 3.63) is 87.9 Å². The van der Waals surface area contributed by atoms with Crippen molar-refractivity contribution in [2.75, 3.05) is 20.2 Å². The topological polar surface area (TPSA) is 51.1 Å². The summed E-state index contributed by atoms with van der Waals surface area (Å²) in [7, 11) is 1.61. The van der Waals surface area contributed by atoms with Crippen molar-refractivity contribution < 1.29 is 14.3 Å². The van der Waals surface area contributed by atoms with Gasteiger partial charge in [-0.25, -0.2) is 0 Å². The summed E-state index contributed by atoms with van der Waals surface area (Å²) in [5.41, 5.74) is 4.41. The maximum atomic E-state index is 12.6. The number of ether oxygens (including phenoxy) is 2. The highest BCUT2D eigenvalue weighted by molar-refractivity contribution is 6.31. The number of rotatable bonds is 7. The minimum Gasteiger partial charge on any atom is -0.493 e. The van der Waals surface area contributed by atoms with Crippen molar-refractivity contribution in [2.24, 2.45) is 4.99 Å². The van der Waals surface area contributed by atoms with Gasteiger partial charge in [0.25, 0.3) is 5.91 Å². The summed E-state index contributed by atoms with van der Waals surface area (Å²) in [4.78, 5) is 19.1. The molecular formula is C28H29ClN2O3. The van der Waals surface area contributed by atoms with E-state index < -0.39 is 0 Å². The first kappa shape index (κ1) is 23.8. The molecule has 34 heavy (non-hydrogen) atoms. The van der Waals surface area contributed by atoms with Gasteiger partial charge in [0.1, 0.15) is 6.61 Å². The van der Waals surface area contributed by atoms with Crippen LogP contribution in [-0.4, -0.2) is 37.2 Å². The third-order valence-corrected chi connectivity index (χ3v) is 6.35. The Hall–Kier alpha value is -3.31. The van der Waals surface area contributed by atoms with E-state index in [2.05, 4.69) is 4.99 Å². The Bertz CT molecular complexity index is 1170. The molecule has 1 aliphatic heterocycles. The number of halogens is 1. The predicted molar refractivity (Wildman–Crippen MR) is 137 cm³/mol. The lowest BCUT2D eigenvalue weighted by Crippen LogP contribution is -2.35. The van der Waals surface area contributed by atoms with Gasteiger partial charge in [0.2, 0.25) is 0 Å². The van der Waals surface area contributed by atoms with Crippen LogP contribution in [-0.2, 0) is 6.61 Å². The van der Waals surface area contributed by atoms with Crippen LogP contribution in [0.25, 0.3) is 0 Å². The number of methoxy groups -OCH3 is 1. The Labute approximate surface area is 206 Å². The Kier molecular flexibility index (Phi) is 7.86. The van der Waals surface area contributed by atoms with Crippen LogP contribution in [0.4, 0.5) is 5.69 Å². The fraction of sp³-hybridized carbons (Fsp3) is 0.286. The Morgan fingerprint density at radius 3 is 2.47 bits per heavy atom. The van der Waals surface area contributed by atoms with Crippen LogP contribution in [0.3, 0.4) is 0 Å². The zero-order valence-electron chi connectivity index (χ0n) is 19.6. The van der Waals surface area contributed by atoms with E-state index in [4.69, 9.17) is 21.1 Å². The van der Waals surface area contributed by atoms with Crippen LogP contribution < -0.4 is 9.47 Å². The van der Waals surface area contributed by atoms with Gasteiger partial charge in [0, 0.05) is 29.9 Å². The Morgan fingerprint density at radius 1 is 1.00 bits per heavy atom. The maximum Gasteiger partial charge on any atom is 0.253 e. The molecule has 0 atom stereocenters. The molecule has 1 amide bonds. The molecule has 0 saturated carbocycles. The number of hydrogen-bond donors (Lipinski definition) is 0. The molecule has 4 rings (SSSR count). The van der Waals surface area contributed by atoms with Crippen molar-refractivity contribution in [3.63, 3.8) is 0 Å². The van der Waals surface area contributed by atoms with E-state index in [-0.39, 0.29) is 5.91 Å². The van der Waals surface area contributed by atoms with Crippen molar-refractivity contribution >= 4 is 29.4 Å². The van der Waals surface area contributed by atoms with Crippen LogP contribution in [0.15, 0.2) is 65.7 Å². The van der Waals surface area contributed by atoms with Crippen LogP contribution in [0, 0.1) is 6.92 Å². The van der Waals surface area contributed by atoms with E-state index in [0.29, 0.717) is 23.1 Å². The summed E-state index contributed by atoms with van der Waals surface area (Å²) in [5, 5.41) is 0.694. The maximum absolute atomic E-state index is 12.6. The van der Waals surface area contributed by atoms with Gasteiger partial charge in [-0.15, -0.1) is 0 Å². The molecule has 1 heterocycles. The van der Waals surface area contributed by atoms with Crippen molar-refractivity contribution in [3.8, 4) is 11.5 Å². The number of aliphatic imine (C=N–C) groups is 1. The normalized spacial score (nSPS) is 13.8. The molecule has 1 fully saturated rings. The number of nitrogens with zero attached hydrogens (tertiary/aromatic N) is 2. The van der Waals surface area contributed by atoms with E-state index in [9.17, 15) is 4.79 Å². The van der Waals surface area contributed by atoms with E-state index in [1.165, 1.54) is 6.42 Å². The summed E-state index contributed by atoms with van der Waals surface area (Å²) >= 11 is 6.18. The molecule has 0 aliphatic carbocycles. The third kappa shape index (κ3) is 5.97. The number of benzene rings is 3. The number of amides is 1. The second kappa shape index (κ2) is 11.2. The van der Waals surface area contributed by atoms with Crippen LogP contribution in [0.1, 0.15) is 46.3 Å². The van der Waals surface area contributed by atoms with Crippen molar-refractivity contribution in [2.45, 2.75) is 32.8 Å². The molecule has 3 aromatic rings. The van der Waals surface area contributed by atoms with E-state index in [1.807, 2.05) is 72.5 Å². The summed E-state index contributed by atoms with van der Waals surface area (Å²) in [6.45, 7) is 4.04. The molecule has 1 aliphatic rings. The van der Waals surface area contributed by atoms with Gasteiger partial charge >= 0.3 is 0 Å². The van der Waals surface area contributed by atoms with Gasteiger partial charge in [0.15, 0.2) is 11.5 Å². The lowest BCUT2D eigenvalue weighted by molar-refractivity contribution is 0.0724. The predicted octanol–water partition coefficient (Wildman–Crippen LogP) is 6.61. The highest BCUT2D eigenvalue weighted by Gasteiger charge is 2.18. The fourth-order valence-electron chi connectivity index (χ4n) is 3.88. The standard InChI is InChI=1S/C28H29ClN2O3/c1-20-6-12-24(17-25(20)29)30-18-22-9-13-26(27(16-22)33-2)34-19-21-7-10-23(11-8-21)28(32)31-14-4-3-5-15-31/h6-13,16-18H,3-5,14-15,19H2,1-2H3. The van der Waals surface area contributed by atoms with E-state index in [1.54, 1.807) is 13.3 Å². The molecule has 0 unspecified atom stereocenters. The quantitative estimate of drug-likeness (QED) is 0.360. The summed E-state index contributed by atoms with van der Waals surface area (Å²) < 4.78 is 11.5. The van der Waals surface area contributed by atoms with Gasteiger partial charge in [-0.2, -0.15) is 0 Å². The largest absolute Gasteiger partial charge is 0.493 e. The molecule has 0 spiro atoms. The molecule has 6 heteroatoms. The van der Waals surface area contributed by atoms with Gasteiger partial charge in [0.05, 0.1) is 12.8 Å². The van der Waals surface area contributed by atoms with Crippen LogP contribution in [0.2, 0.25) is 5.02 Å². The van der Waals surface area contributed by atoms with Gasteiger partial charge < -0.3 is 14.4 Å². The molecule has 0 aromatic heterocycles.